The summed E-state index contributed by atoms with van der Waals surface area (Å²) in [6.45, 7) is 3.54. The van der Waals surface area contributed by atoms with Gasteiger partial charge in [-0.05, 0) is 29.2 Å². The molecule has 1 atom stereocenters. The molecular weight excluding hydrogens is 372 g/mol. The van der Waals surface area contributed by atoms with Gasteiger partial charge in [-0.3, -0.25) is 9.59 Å². The Morgan fingerprint density at radius 1 is 1.00 bits per heavy atom. The molecule has 154 valence electrons. The van der Waals surface area contributed by atoms with Gasteiger partial charge in [0.2, 0.25) is 11.8 Å². The van der Waals surface area contributed by atoms with E-state index in [1.54, 1.807) is 24.3 Å². The lowest BCUT2D eigenvalue weighted by Crippen LogP contribution is -2.49. The quantitative estimate of drug-likeness (QED) is 0.569. The van der Waals surface area contributed by atoms with Crippen molar-refractivity contribution in [3.63, 3.8) is 0 Å². The van der Waals surface area contributed by atoms with Gasteiger partial charge in [-0.15, -0.1) is 0 Å². The minimum absolute atomic E-state index is 0.0834. The molecule has 7 heteroatoms. The number of hydrogen-bond donors (Lipinski definition) is 3. The van der Waals surface area contributed by atoms with E-state index in [0.717, 1.165) is 11.1 Å². The van der Waals surface area contributed by atoms with E-state index in [1.165, 1.54) is 0 Å². The highest BCUT2D eigenvalue weighted by molar-refractivity contribution is 5.88. The molecule has 0 radical (unpaired) electrons. The standard InChI is InChI=1S/C22H26N2O5/c1-15(2)21(24-19(25)12-16-7-4-3-5-8-16)22(28)23-13-17-9-6-10-18(11-17)29-14-20(26)27/h3-11,15,21H,12-14H2,1-2H3,(H,23,28)(H,24,25)(H,26,27). The number of rotatable bonds is 10. The fraction of sp³-hybridized carbons (Fsp3) is 0.318. The van der Waals surface area contributed by atoms with Crippen molar-refractivity contribution < 1.29 is 24.2 Å². The van der Waals surface area contributed by atoms with E-state index in [1.807, 2.05) is 44.2 Å². The number of benzene rings is 2. The van der Waals surface area contributed by atoms with Crippen LogP contribution in [0.15, 0.2) is 54.6 Å². The average molecular weight is 398 g/mol. The highest BCUT2D eigenvalue weighted by atomic mass is 16.5. The molecule has 2 aromatic carbocycles. The zero-order chi connectivity index (χ0) is 21.2. The van der Waals surface area contributed by atoms with Gasteiger partial charge >= 0.3 is 5.97 Å². The van der Waals surface area contributed by atoms with Crippen molar-refractivity contribution in [2.45, 2.75) is 32.9 Å². The van der Waals surface area contributed by atoms with Gasteiger partial charge in [-0.2, -0.15) is 0 Å². The molecule has 1 unspecified atom stereocenters. The number of nitrogens with one attached hydrogen (secondary N) is 2. The molecule has 0 heterocycles. The van der Waals surface area contributed by atoms with Gasteiger partial charge < -0.3 is 20.5 Å². The predicted octanol–water partition coefficient (Wildman–Crippen LogP) is 2.15. The molecule has 0 fully saturated rings. The molecule has 3 N–H and O–H groups in total. The summed E-state index contributed by atoms with van der Waals surface area (Å²) in [6.07, 6.45) is 0.209. The lowest BCUT2D eigenvalue weighted by atomic mass is 10.0. The van der Waals surface area contributed by atoms with E-state index in [0.29, 0.717) is 5.75 Å². The summed E-state index contributed by atoms with van der Waals surface area (Å²) in [7, 11) is 0. The Kier molecular flexibility index (Phi) is 8.21. The lowest BCUT2D eigenvalue weighted by molar-refractivity contribution is -0.139. The number of ether oxygens (including phenoxy) is 1. The first kappa shape index (κ1) is 21.9. The van der Waals surface area contributed by atoms with Crippen LogP contribution in [-0.4, -0.2) is 35.5 Å². The third-order valence-corrected chi connectivity index (χ3v) is 4.20. The van der Waals surface area contributed by atoms with Crippen molar-refractivity contribution in [2.75, 3.05) is 6.61 Å². The molecule has 7 nitrogen and oxygen atoms in total. The molecule has 0 spiro atoms. The maximum atomic E-state index is 12.6. The summed E-state index contributed by atoms with van der Waals surface area (Å²) in [4.78, 5) is 35.5. The smallest absolute Gasteiger partial charge is 0.341 e. The summed E-state index contributed by atoms with van der Waals surface area (Å²) in [5, 5.41) is 14.3. The van der Waals surface area contributed by atoms with Crippen molar-refractivity contribution in [3.8, 4) is 5.75 Å². The van der Waals surface area contributed by atoms with Crippen molar-refractivity contribution in [2.24, 2.45) is 5.92 Å². The first-order valence-electron chi connectivity index (χ1n) is 9.39. The Morgan fingerprint density at radius 3 is 2.34 bits per heavy atom. The summed E-state index contributed by atoms with van der Waals surface area (Å²) >= 11 is 0. The van der Waals surface area contributed by atoms with Crippen molar-refractivity contribution in [1.82, 2.24) is 10.6 Å². The highest BCUT2D eigenvalue weighted by Crippen LogP contribution is 2.13. The zero-order valence-electron chi connectivity index (χ0n) is 16.6. The van der Waals surface area contributed by atoms with E-state index in [2.05, 4.69) is 10.6 Å². The number of carbonyl (C=O) groups is 3. The Morgan fingerprint density at radius 2 is 1.69 bits per heavy atom. The maximum Gasteiger partial charge on any atom is 0.341 e. The van der Waals surface area contributed by atoms with E-state index in [9.17, 15) is 14.4 Å². The number of carbonyl (C=O) groups excluding carboxylic acids is 2. The number of amides is 2. The van der Waals surface area contributed by atoms with E-state index >= 15 is 0 Å². The average Bonchev–Trinajstić information content (AvgIpc) is 2.69. The molecule has 0 saturated heterocycles. The summed E-state index contributed by atoms with van der Waals surface area (Å²) in [6, 6.07) is 15.5. The number of carboxylic acids is 1. The van der Waals surface area contributed by atoms with Crippen LogP contribution < -0.4 is 15.4 Å². The van der Waals surface area contributed by atoms with Crippen LogP contribution in [0.2, 0.25) is 0 Å². The van der Waals surface area contributed by atoms with Crippen LogP contribution in [0.4, 0.5) is 0 Å². The molecule has 2 amide bonds. The van der Waals surface area contributed by atoms with Gasteiger partial charge in [0.25, 0.3) is 0 Å². The topological polar surface area (TPSA) is 105 Å². The molecular formula is C22H26N2O5. The van der Waals surface area contributed by atoms with Gasteiger partial charge in [-0.25, -0.2) is 4.79 Å². The molecule has 0 aliphatic heterocycles. The third-order valence-electron chi connectivity index (χ3n) is 4.20. The molecule has 29 heavy (non-hydrogen) atoms. The van der Waals surface area contributed by atoms with Crippen LogP contribution >= 0.6 is 0 Å². The number of aliphatic carboxylic acids is 1. The monoisotopic (exact) mass is 398 g/mol. The van der Waals surface area contributed by atoms with Crippen LogP contribution in [0.1, 0.15) is 25.0 Å². The van der Waals surface area contributed by atoms with Crippen molar-refractivity contribution in [3.05, 3.63) is 65.7 Å². The van der Waals surface area contributed by atoms with E-state index in [4.69, 9.17) is 9.84 Å². The van der Waals surface area contributed by atoms with Crippen LogP contribution in [-0.2, 0) is 27.3 Å². The molecule has 0 bridgehead atoms. The highest BCUT2D eigenvalue weighted by Gasteiger charge is 2.24. The van der Waals surface area contributed by atoms with Crippen molar-refractivity contribution in [1.29, 1.82) is 0 Å². The maximum absolute atomic E-state index is 12.6. The van der Waals surface area contributed by atoms with Gasteiger partial charge in [0, 0.05) is 6.54 Å². The number of hydrogen-bond acceptors (Lipinski definition) is 4. The van der Waals surface area contributed by atoms with Crippen molar-refractivity contribution >= 4 is 17.8 Å². The van der Waals surface area contributed by atoms with Crippen LogP contribution in [0.5, 0.6) is 5.75 Å². The largest absolute Gasteiger partial charge is 0.482 e. The third kappa shape index (κ3) is 7.65. The second-order valence-corrected chi connectivity index (χ2v) is 7.00. The predicted molar refractivity (Wildman–Crippen MR) is 108 cm³/mol. The molecule has 0 aliphatic rings. The Bertz CT molecular complexity index is 836. The first-order valence-corrected chi connectivity index (χ1v) is 9.39. The molecule has 2 rings (SSSR count). The fourth-order valence-corrected chi connectivity index (χ4v) is 2.73. The summed E-state index contributed by atoms with van der Waals surface area (Å²) in [5.74, 6) is -1.22. The Balaban J connectivity index is 1.91. The second-order valence-electron chi connectivity index (χ2n) is 7.00. The van der Waals surface area contributed by atoms with Crippen LogP contribution in [0, 0.1) is 5.92 Å². The number of carboxylic acid groups (broad SMARTS) is 1. The van der Waals surface area contributed by atoms with Crippen LogP contribution in [0.3, 0.4) is 0 Å². The molecule has 2 aromatic rings. The van der Waals surface area contributed by atoms with Gasteiger partial charge in [0.05, 0.1) is 6.42 Å². The SMILES string of the molecule is CC(C)C(NC(=O)Cc1ccccc1)C(=O)NCc1cccc(OCC(=O)O)c1. The van der Waals surface area contributed by atoms with Crippen LogP contribution in [0.25, 0.3) is 0 Å². The first-order chi connectivity index (χ1) is 13.8. The van der Waals surface area contributed by atoms with Gasteiger partial charge in [0.15, 0.2) is 6.61 Å². The van der Waals surface area contributed by atoms with Gasteiger partial charge in [0.1, 0.15) is 11.8 Å². The van der Waals surface area contributed by atoms with E-state index in [-0.39, 0.29) is 30.7 Å². The van der Waals surface area contributed by atoms with Gasteiger partial charge in [-0.1, -0.05) is 56.3 Å². The Hall–Kier alpha value is -3.35. The van der Waals surface area contributed by atoms with E-state index < -0.39 is 18.6 Å². The molecule has 0 aliphatic carbocycles. The summed E-state index contributed by atoms with van der Waals surface area (Å²) < 4.78 is 5.14. The molecule has 0 aromatic heterocycles. The lowest BCUT2D eigenvalue weighted by Gasteiger charge is -2.22. The minimum Gasteiger partial charge on any atom is -0.482 e. The normalized spacial score (nSPS) is 11.6. The Labute approximate surface area is 170 Å². The fourth-order valence-electron chi connectivity index (χ4n) is 2.73. The second kappa shape index (κ2) is 10.8. The zero-order valence-corrected chi connectivity index (χ0v) is 16.6. The minimum atomic E-state index is -1.06. The summed E-state index contributed by atoms with van der Waals surface area (Å²) in [5.41, 5.74) is 1.64. The molecule has 0 saturated carbocycles.